The van der Waals surface area contributed by atoms with Crippen LogP contribution >= 0.6 is 0 Å². The molecule has 2 amide bonds. The van der Waals surface area contributed by atoms with Crippen LogP contribution in [0.15, 0.2) is 36.4 Å². The van der Waals surface area contributed by atoms with Crippen molar-refractivity contribution in [3.05, 3.63) is 53.1 Å². The number of amides is 2. The molecule has 1 aliphatic heterocycles. The lowest BCUT2D eigenvalue weighted by Crippen LogP contribution is -2.40. The van der Waals surface area contributed by atoms with Crippen LogP contribution in [0.2, 0.25) is 0 Å². The number of carbonyl (C=O) groups is 3. The molecule has 3 rings (SSSR count). The van der Waals surface area contributed by atoms with Crippen molar-refractivity contribution in [2.24, 2.45) is 5.92 Å². The Bertz CT molecular complexity index is 1020. The maximum Gasteiger partial charge on any atom is 0.309 e. The van der Waals surface area contributed by atoms with Crippen LogP contribution in [0.4, 0.5) is 0 Å². The zero-order chi connectivity index (χ0) is 25.4. The van der Waals surface area contributed by atoms with Gasteiger partial charge in [0.1, 0.15) is 0 Å². The van der Waals surface area contributed by atoms with Gasteiger partial charge >= 0.3 is 5.97 Å². The van der Waals surface area contributed by atoms with Gasteiger partial charge in [-0.2, -0.15) is 0 Å². The van der Waals surface area contributed by atoms with Crippen molar-refractivity contribution in [1.82, 2.24) is 10.2 Å². The average Bonchev–Trinajstić information content (AvgIpc) is 2.90. The number of nitrogens with zero attached hydrogens (tertiary/aromatic N) is 1. The number of carbonyl (C=O) groups excluding carboxylic acids is 3. The molecular weight excluding hydrogens is 452 g/mol. The van der Waals surface area contributed by atoms with E-state index in [1.54, 1.807) is 36.1 Å². The molecule has 9 nitrogen and oxygen atoms in total. The Morgan fingerprint density at radius 1 is 0.914 bits per heavy atom. The number of methoxy groups -OCH3 is 3. The van der Waals surface area contributed by atoms with Crippen LogP contribution in [-0.4, -0.2) is 63.7 Å². The Morgan fingerprint density at radius 3 is 2.03 bits per heavy atom. The maximum absolute atomic E-state index is 12.8. The van der Waals surface area contributed by atoms with E-state index in [0.717, 1.165) is 5.56 Å². The summed E-state index contributed by atoms with van der Waals surface area (Å²) in [5.41, 5.74) is 1.79. The number of hydrogen-bond donors (Lipinski definition) is 1. The first-order chi connectivity index (χ1) is 16.9. The van der Waals surface area contributed by atoms with Crippen LogP contribution in [0, 0.1) is 5.92 Å². The van der Waals surface area contributed by atoms with E-state index < -0.39 is 0 Å². The summed E-state index contributed by atoms with van der Waals surface area (Å²) >= 11 is 0. The highest BCUT2D eigenvalue weighted by Gasteiger charge is 2.28. The van der Waals surface area contributed by atoms with Gasteiger partial charge in [-0.1, -0.05) is 12.1 Å². The van der Waals surface area contributed by atoms with Crippen LogP contribution in [-0.2, 0) is 16.1 Å². The van der Waals surface area contributed by atoms with Crippen molar-refractivity contribution in [3.63, 3.8) is 0 Å². The van der Waals surface area contributed by atoms with E-state index in [0.29, 0.717) is 60.9 Å². The zero-order valence-electron chi connectivity index (χ0n) is 20.6. The number of nitrogens with one attached hydrogen (secondary N) is 1. The Morgan fingerprint density at radius 2 is 1.51 bits per heavy atom. The first-order valence-corrected chi connectivity index (χ1v) is 11.5. The molecule has 188 valence electrons. The predicted molar refractivity (Wildman–Crippen MR) is 129 cm³/mol. The van der Waals surface area contributed by atoms with Crippen LogP contribution in [0.25, 0.3) is 0 Å². The average molecular weight is 485 g/mol. The Kier molecular flexibility index (Phi) is 8.94. The number of esters is 1. The summed E-state index contributed by atoms with van der Waals surface area (Å²) in [5, 5.41) is 2.86. The first kappa shape index (κ1) is 25.9. The van der Waals surface area contributed by atoms with Crippen molar-refractivity contribution in [2.45, 2.75) is 26.3 Å². The predicted octanol–water partition coefficient (Wildman–Crippen LogP) is 3.06. The summed E-state index contributed by atoms with van der Waals surface area (Å²) in [4.78, 5) is 39.2. The van der Waals surface area contributed by atoms with E-state index in [2.05, 4.69) is 5.32 Å². The fourth-order valence-electron chi connectivity index (χ4n) is 4.02. The molecule has 1 aliphatic rings. The number of piperidine rings is 1. The molecular formula is C26H32N2O7. The molecule has 1 heterocycles. The normalized spacial score (nSPS) is 13.7. The molecule has 0 saturated carbocycles. The first-order valence-electron chi connectivity index (χ1n) is 11.5. The molecule has 35 heavy (non-hydrogen) atoms. The quantitative estimate of drug-likeness (QED) is 0.546. The molecule has 1 N–H and O–H groups in total. The van der Waals surface area contributed by atoms with Crippen molar-refractivity contribution in [2.75, 3.05) is 41.0 Å². The SMILES string of the molecule is CCOC(=O)C1CCN(C(=O)c2ccc(CNC(=O)c3cc(OC)c(OC)c(OC)c3)cc2)CC1. The third kappa shape index (κ3) is 6.23. The van der Waals surface area contributed by atoms with Gasteiger partial charge in [-0.05, 0) is 49.6 Å². The van der Waals surface area contributed by atoms with E-state index in [-0.39, 0.29) is 30.2 Å². The van der Waals surface area contributed by atoms with E-state index in [1.807, 2.05) is 12.1 Å². The maximum atomic E-state index is 12.8. The number of likely N-dealkylation sites (tertiary alicyclic amines) is 1. The molecule has 1 saturated heterocycles. The summed E-state index contributed by atoms with van der Waals surface area (Å²) in [6.07, 6.45) is 1.21. The highest BCUT2D eigenvalue weighted by atomic mass is 16.5. The van der Waals surface area contributed by atoms with Gasteiger partial charge in [-0.15, -0.1) is 0 Å². The van der Waals surface area contributed by atoms with Gasteiger partial charge in [-0.3, -0.25) is 14.4 Å². The van der Waals surface area contributed by atoms with E-state index in [1.165, 1.54) is 21.3 Å². The second kappa shape index (κ2) is 12.1. The van der Waals surface area contributed by atoms with Gasteiger partial charge in [0, 0.05) is 30.8 Å². The third-order valence-corrected chi connectivity index (χ3v) is 5.98. The lowest BCUT2D eigenvalue weighted by atomic mass is 9.96. The summed E-state index contributed by atoms with van der Waals surface area (Å²) in [6, 6.07) is 10.3. The number of hydrogen-bond acceptors (Lipinski definition) is 7. The number of ether oxygens (including phenoxy) is 4. The highest BCUT2D eigenvalue weighted by Crippen LogP contribution is 2.38. The van der Waals surface area contributed by atoms with Crippen molar-refractivity contribution in [1.29, 1.82) is 0 Å². The topological polar surface area (TPSA) is 103 Å². The van der Waals surface area contributed by atoms with Crippen molar-refractivity contribution >= 4 is 17.8 Å². The summed E-state index contributed by atoms with van der Waals surface area (Å²) in [5.74, 6) is 0.511. The van der Waals surface area contributed by atoms with Crippen LogP contribution in [0.1, 0.15) is 46.0 Å². The molecule has 0 aliphatic carbocycles. The van der Waals surface area contributed by atoms with Gasteiger partial charge < -0.3 is 29.2 Å². The van der Waals surface area contributed by atoms with Gasteiger partial charge in [0.15, 0.2) is 11.5 Å². The van der Waals surface area contributed by atoms with Crippen molar-refractivity contribution in [3.8, 4) is 17.2 Å². The van der Waals surface area contributed by atoms with E-state index in [9.17, 15) is 14.4 Å². The molecule has 0 atom stereocenters. The number of benzene rings is 2. The molecule has 2 aromatic carbocycles. The van der Waals surface area contributed by atoms with E-state index >= 15 is 0 Å². The summed E-state index contributed by atoms with van der Waals surface area (Å²) in [6.45, 7) is 3.49. The minimum absolute atomic E-state index is 0.0692. The minimum Gasteiger partial charge on any atom is -0.493 e. The van der Waals surface area contributed by atoms with Crippen LogP contribution < -0.4 is 19.5 Å². The highest BCUT2D eigenvalue weighted by molar-refractivity contribution is 5.96. The van der Waals surface area contributed by atoms with Gasteiger partial charge in [0.2, 0.25) is 5.75 Å². The molecule has 0 bridgehead atoms. The standard InChI is InChI=1S/C26H32N2O7/c1-5-35-26(31)19-10-12-28(13-11-19)25(30)18-8-6-17(7-9-18)16-27-24(29)20-14-21(32-2)23(34-4)22(15-20)33-3/h6-9,14-15,19H,5,10-13,16H2,1-4H3,(H,27,29). The number of rotatable bonds is 9. The van der Waals surface area contributed by atoms with Gasteiger partial charge in [0.25, 0.3) is 11.8 Å². The van der Waals surface area contributed by atoms with Gasteiger partial charge in [-0.25, -0.2) is 0 Å². The minimum atomic E-state index is -0.297. The van der Waals surface area contributed by atoms with Crippen molar-refractivity contribution < 1.29 is 33.3 Å². The summed E-state index contributed by atoms with van der Waals surface area (Å²) in [7, 11) is 4.48. The fraction of sp³-hybridized carbons (Fsp3) is 0.423. The second-order valence-electron chi connectivity index (χ2n) is 8.11. The second-order valence-corrected chi connectivity index (χ2v) is 8.11. The van der Waals surface area contributed by atoms with Gasteiger partial charge in [0.05, 0.1) is 33.9 Å². The Balaban J connectivity index is 1.57. The molecule has 9 heteroatoms. The fourth-order valence-corrected chi connectivity index (χ4v) is 4.02. The van der Waals surface area contributed by atoms with Crippen LogP contribution in [0.3, 0.4) is 0 Å². The zero-order valence-corrected chi connectivity index (χ0v) is 20.6. The molecule has 1 fully saturated rings. The molecule has 0 spiro atoms. The monoisotopic (exact) mass is 484 g/mol. The Hall–Kier alpha value is -3.75. The van der Waals surface area contributed by atoms with E-state index in [4.69, 9.17) is 18.9 Å². The Labute approximate surface area is 205 Å². The molecule has 0 radical (unpaired) electrons. The molecule has 0 unspecified atom stereocenters. The summed E-state index contributed by atoms with van der Waals surface area (Å²) < 4.78 is 21.0. The lowest BCUT2D eigenvalue weighted by Gasteiger charge is -2.31. The third-order valence-electron chi connectivity index (χ3n) is 5.98. The molecule has 2 aromatic rings. The largest absolute Gasteiger partial charge is 0.493 e. The lowest BCUT2D eigenvalue weighted by molar-refractivity contribution is -0.149. The smallest absolute Gasteiger partial charge is 0.309 e. The molecule has 0 aromatic heterocycles. The van der Waals surface area contributed by atoms with Crippen LogP contribution in [0.5, 0.6) is 17.2 Å².